The lowest BCUT2D eigenvalue weighted by molar-refractivity contribution is 0.211. The third-order valence-electron chi connectivity index (χ3n) is 3.91. The van der Waals surface area contributed by atoms with Gasteiger partial charge < -0.3 is 5.11 Å². The molecule has 0 bridgehead atoms. The molecule has 1 aromatic carbocycles. The van der Waals surface area contributed by atoms with E-state index in [-0.39, 0.29) is 0 Å². The van der Waals surface area contributed by atoms with E-state index in [2.05, 4.69) is 11.9 Å². The summed E-state index contributed by atoms with van der Waals surface area (Å²) in [6.07, 6.45) is 7.95. The van der Waals surface area contributed by atoms with Crippen molar-refractivity contribution in [3.05, 3.63) is 28.8 Å². The SMILES string of the molecule is CN(Cc1cc(Cl)ccc1O)C1CCCCCC1. The van der Waals surface area contributed by atoms with Crippen LogP contribution in [0.25, 0.3) is 0 Å². The van der Waals surface area contributed by atoms with E-state index in [1.807, 2.05) is 6.07 Å². The summed E-state index contributed by atoms with van der Waals surface area (Å²) in [4.78, 5) is 2.36. The number of hydrogen-bond acceptors (Lipinski definition) is 2. The van der Waals surface area contributed by atoms with E-state index < -0.39 is 0 Å². The number of hydrogen-bond donors (Lipinski definition) is 1. The second-order valence-electron chi connectivity index (χ2n) is 5.33. The quantitative estimate of drug-likeness (QED) is 0.830. The second-order valence-corrected chi connectivity index (χ2v) is 5.77. The third kappa shape index (κ3) is 3.63. The van der Waals surface area contributed by atoms with Crippen molar-refractivity contribution in [1.82, 2.24) is 4.90 Å². The van der Waals surface area contributed by atoms with E-state index in [4.69, 9.17) is 11.6 Å². The maximum atomic E-state index is 9.85. The summed E-state index contributed by atoms with van der Waals surface area (Å²) in [6.45, 7) is 0.775. The molecule has 0 amide bonds. The molecule has 1 aliphatic carbocycles. The third-order valence-corrected chi connectivity index (χ3v) is 4.14. The van der Waals surface area contributed by atoms with Gasteiger partial charge in [-0.15, -0.1) is 0 Å². The standard InChI is InChI=1S/C15H22ClNO/c1-17(14-6-4-2-3-5-7-14)11-12-10-13(16)8-9-15(12)18/h8-10,14,18H,2-7,11H2,1H3. The normalized spacial score (nSPS) is 17.9. The molecule has 2 rings (SSSR count). The van der Waals surface area contributed by atoms with Crippen molar-refractivity contribution >= 4 is 11.6 Å². The number of nitrogens with zero attached hydrogens (tertiary/aromatic N) is 1. The Hall–Kier alpha value is -0.730. The lowest BCUT2D eigenvalue weighted by Gasteiger charge is -2.27. The van der Waals surface area contributed by atoms with Gasteiger partial charge in [-0.3, -0.25) is 4.90 Å². The molecule has 0 aliphatic heterocycles. The van der Waals surface area contributed by atoms with E-state index in [0.717, 1.165) is 12.1 Å². The summed E-state index contributed by atoms with van der Waals surface area (Å²) in [5.74, 6) is 0.347. The smallest absolute Gasteiger partial charge is 0.120 e. The Morgan fingerprint density at radius 1 is 1.22 bits per heavy atom. The second kappa shape index (κ2) is 6.44. The van der Waals surface area contributed by atoms with Crippen LogP contribution in [0.1, 0.15) is 44.1 Å². The van der Waals surface area contributed by atoms with Crippen molar-refractivity contribution < 1.29 is 5.11 Å². The summed E-state index contributed by atoms with van der Waals surface area (Å²) in [6, 6.07) is 5.92. The van der Waals surface area contributed by atoms with Crippen LogP contribution in [-0.4, -0.2) is 23.1 Å². The van der Waals surface area contributed by atoms with Crippen molar-refractivity contribution in [2.24, 2.45) is 0 Å². The molecule has 2 nitrogen and oxygen atoms in total. The van der Waals surface area contributed by atoms with Crippen molar-refractivity contribution in [1.29, 1.82) is 0 Å². The first-order chi connectivity index (χ1) is 8.66. The zero-order chi connectivity index (χ0) is 13.0. The lowest BCUT2D eigenvalue weighted by Crippen LogP contribution is -2.30. The minimum atomic E-state index is 0.347. The van der Waals surface area contributed by atoms with Crippen LogP contribution in [0.5, 0.6) is 5.75 Å². The zero-order valence-corrected chi connectivity index (χ0v) is 11.8. The van der Waals surface area contributed by atoms with Gasteiger partial charge in [0.1, 0.15) is 5.75 Å². The lowest BCUT2D eigenvalue weighted by atomic mass is 10.1. The monoisotopic (exact) mass is 267 g/mol. The molecule has 0 aromatic heterocycles. The van der Waals surface area contributed by atoms with Gasteiger partial charge in [0.05, 0.1) is 0 Å². The number of aromatic hydroxyl groups is 1. The van der Waals surface area contributed by atoms with Gasteiger partial charge in [0.15, 0.2) is 0 Å². The number of phenolic OH excluding ortho intramolecular Hbond substituents is 1. The van der Waals surface area contributed by atoms with E-state index in [9.17, 15) is 5.11 Å². The average molecular weight is 268 g/mol. The average Bonchev–Trinajstić information content (AvgIpc) is 2.62. The summed E-state index contributed by atoms with van der Waals surface area (Å²) in [5.41, 5.74) is 0.925. The van der Waals surface area contributed by atoms with Gasteiger partial charge >= 0.3 is 0 Å². The summed E-state index contributed by atoms with van der Waals surface area (Å²) in [7, 11) is 2.15. The van der Waals surface area contributed by atoms with Crippen LogP contribution in [0, 0.1) is 0 Å². The Kier molecular flexibility index (Phi) is 4.90. The molecule has 3 heteroatoms. The first kappa shape index (κ1) is 13.7. The molecule has 1 aromatic rings. The first-order valence-corrected chi connectivity index (χ1v) is 7.22. The maximum absolute atomic E-state index is 9.85. The van der Waals surface area contributed by atoms with E-state index in [1.54, 1.807) is 12.1 Å². The van der Waals surface area contributed by atoms with E-state index in [1.165, 1.54) is 38.5 Å². The molecule has 18 heavy (non-hydrogen) atoms. The van der Waals surface area contributed by atoms with Gasteiger partial charge in [0, 0.05) is 23.2 Å². The number of phenols is 1. The van der Waals surface area contributed by atoms with Crippen molar-refractivity contribution in [2.45, 2.75) is 51.1 Å². The summed E-state index contributed by atoms with van der Waals surface area (Å²) in [5, 5.41) is 10.5. The van der Waals surface area contributed by atoms with E-state index in [0.29, 0.717) is 16.8 Å². The number of rotatable bonds is 3. The Morgan fingerprint density at radius 2 is 1.89 bits per heavy atom. The van der Waals surface area contributed by atoms with Crippen molar-refractivity contribution in [2.75, 3.05) is 7.05 Å². The molecule has 0 atom stereocenters. The predicted molar refractivity (Wildman–Crippen MR) is 76.1 cm³/mol. The molecule has 0 saturated heterocycles. The fourth-order valence-electron chi connectivity index (χ4n) is 2.78. The van der Waals surface area contributed by atoms with Gasteiger partial charge in [0.25, 0.3) is 0 Å². The Balaban J connectivity index is 2.00. The molecule has 0 heterocycles. The highest BCUT2D eigenvalue weighted by atomic mass is 35.5. The van der Waals surface area contributed by atoms with Gasteiger partial charge in [-0.2, -0.15) is 0 Å². The van der Waals surface area contributed by atoms with Crippen molar-refractivity contribution in [3.63, 3.8) is 0 Å². The number of benzene rings is 1. The van der Waals surface area contributed by atoms with Crippen LogP contribution in [0.3, 0.4) is 0 Å². The Labute approximate surface area is 115 Å². The topological polar surface area (TPSA) is 23.5 Å². The highest BCUT2D eigenvalue weighted by molar-refractivity contribution is 6.30. The minimum Gasteiger partial charge on any atom is -0.508 e. The molecular formula is C15H22ClNO. The maximum Gasteiger partial charge on any atom is 0.120 e. The van der Waals surface area contributed by atoms with Crippen LogP contribution >= 0.6 is 11.6 Å². The van der Waals surface area contributed by atoms with Gasteiger partial charge in [-0.05, 0) is 38.1 Å². The van der Waals surface area contributed by atoms with Crippen LogP contribution in [0.2, 0.25) is 5.02 Å². The van der Waals surface area contributed by atoms with Crippen LogP contribution in [-0.2, 0) is 6.54 Å². The number of halogens is 1. The molecule has 1 N–H and O–H groups in total. The Bertz CT molecular complexity index is 386. The predicted octanol–water partition coefficient (Wildman–Crippen LogP) is 4.20. The molecule has 0 unspecified atom stereocenters. The molecule has 1 aliphatic rings. The highest BCUT2D eigenvalue weighted by Crippen LogP contribution is 2.26. The van der Waals surface area contributed by atoms with E-state index >= 15 is 0 Å². The van der Waals surface area contributed by atoms with Crippen LogP contribution < -0.4 is 0 Å². The molecule has 1 saturated carbocycles. The largest absolute Gasteiger partial charge is 0.508 e. The van der Waals surface area contributed by atoms with Gasteiger partial charge in [0.2, 0.25) is 0 Å². The first-order valence-electron chi connectivity index (χ1n) is 6.84. The molecule has 100 valence electrons. The summed E-state index contributed by atoms with van der Waals surface area (Å²) >= 11 is 5.98. The fraction of sp³-hybridized carbons (Fsp3) is 0.600. The summed E-state index contributed by atoms with van der Waals surface area (Å²) < 4.78 is 0. The van der Waals surface area contributed by atoms with Crippen LogP contribution in [0.4, 0.5) is 0 Å². The van der Waals surface area contributed by atoms with Gasteiger partial charge in [-0.1, -0.05) is 37.3 Å². The minimum absolute atomic E-state index is 0.347. The molecular weight excluding hydrogens is 246 g/mol. The fourth-order valence-corrected chi connectivity index (χ4v) is 2.97. The highest BCUT2D eigenvalue weighted by Gasteiger charge is 2.17. The van der Waals surface area contributed by atoms with Crippen LogP contribution in [0.15, 0.2) is 18.2 Å². The molecule has 0 radical (unpaired) electrons. The Morgan fingerprint density at radius 3 is 2.56 bits per heavy atom. The van der Waals surface area contributed by atoms with Crippen molar-refractivity contribution in [3.8, 4) is 5.75 Å². The zero-order valence-electron chi connectivity index (χ0n) is 11.0. The molecule has 1 fully saturated rings. The molecule has 0 spiro atoms. The van der Waals surface area contributed by atoms with Gasteiger partial charge in [-0.25, -0.2) is 0 Å².